The fourth-order valence-corrected chi connectivity index (χ4v) is 2.90. The van der Waals surface area contributed by atoms with E-state index in [-0.39, 0.29) is 5.66 Å². The van der Waals surface area contributed by atoms with Gasteiger partial charge >= 0.3 is 30.2 Å². The minimum absolute atomic E-state index is 0.0779. The number of nitrogens with one attached hydrogen (secondary N) is 1. The predicted molar refractivity (Wildman–Crippen MR) is 50.0 cm³/mol. The standard InChI is InChI=1S/C5H5F7NO5PS/c6-4(7,8)1-3(5(9,10)11)18-19(12,2-14)13-20(15,16)17/h3,13H,1H2,(H,15,16,17). The quantitative estimate of drug-likeness (QED) is 0.448. The summed E-state index contributed by atoms with van der Waals surface area (Å²) in [4.78, 5) is 10.1. The van der Waals surface area contributed by atoms with Crippen LogP contribution < -0.4 is 4.49 Å². The average molecular weight is 355 g/mol. The Morgan fingerprint density at radius 3 is 1.95 bits per heavy atom. The molecule has 0 bridgehead atoms. The summed E-state index contributed by atoms with van der Waals surface area (Å²) in [6.07, 6.45) is -17.8. The summed E-state index contributed by atoms with van der Waals surface area (Å²) in [5.74, 6) is 0. The highest BCUT2D eigenvalue weighted by molar-refractivity contribution is 7.91. The molecule has 0 aliphatic carbocycles. The van der Waals surface area contributed by atoms with Gasteiger partial charge in [-0.1, -0.05) is 0 Å². The molecule has 0 saturated heterocycles. The molecule has 2 N–H and O–H groups in total. The maximum Gasteiger partial charge on any atom is 0.415 e. The molecule has 0 fully saturated rings. The van der Waals surface area contributed by atoms with Crippen LogP contribution in [0, 0.1) is 0 Å². The Kier molecular flexibility index (Phi) is 5.80. The van der Waals surface area contributed by atoms with Crippen molar-refractivity contribution in [3.63, 3.8) is 0 Å². The van der Waals surface area contributed by atoms with Crippen LogP contribution in [-0.4, -0.2) is 37.1 Å². The van der Waals surface area contributed by atoms with Gasteiger partial charge in [0.05, 0.1) is 6.42 Å². The molecule has 2 unspecified atom stereocenters. The Bertz CT molecular complexity index is 521. The zero-order valence-electron chi connectivity index (χ0n) is 8.87. The van der Waals surface area contributed by atoms with Crippen LogP contribution in [0.4, 0.5) is 30.5 Å². The van der Waals surface area contributed by atoms with Gasteiger partial charge in [-0.05, 0) is 0 Å². The fourth-order valence-electron chi connectivity index (χ4n) is 0.808. The van der Waals surface area contributed by atoms with Crippen molar-refractivity contribution < 1.29 is 52.8 Å². The van der Waals surface area contributed by atoms with Gasteiger partial charge in [-0.15, -0.1) is 4.49 Å². The summed E-state index contributed by atoms with van der Waals surface area (Å²) in [5.41, 5.74) is 0.0779. The minimum atomic E-state index is -5.92. The van der Waals surface area contributed by atoms with Gasteiger partial charge in [0.2, 0.25) is 0 Å². The van der Waals surface area contributed by atoms with E-state index in [1.165, 1.54) is 0 Å². The number of hydrogen-bond donors (Lipinski definition) is 2. The summed E-state index contributed by atoms with van der Waals surface area (Å²) >= 11 is 0. The summed E-state index contributed by atoms with van der Waals surface area (Å²) in [6, 6.07) is 0. The van der Waals surface area contributed by atoms with E-state index in [2.05, 4.69) is 4.52 Å². The lowest BCUT2D eigenvalue weighted by Gasteiger charge is -2.24. The van der Waals surface area contributed by atoms with Gasteiger partial charge in [-0.3, -0.25) is 4.55 Å². The van der Waals surface area contributed by atoms with Crippen LogP contribution in [0.15, 0.2) is 0 Å². The Morgan fingerprint density at radius 2 is 1.70 bits per heavy atom. The van der Waals surface area contributed by atoms with Crippen LogP contribution in [0.2, 0.25) is 0 Å². The molecule has 0 rings (SSSR count). The molecule has 0 radical (unpaired) electrons. The number of alkyl halides is 6. The third kappa shape index (κ3) is 7.82. The van der Waals surface area contributed by atoms with Gasteiger partial charge in [0, 0.05) is 0 Å². The van der Waals surface area contributed by atoms with Gasteiger partial charge in [0.25, 0.3) is 0 Å². The molecule has 0 aliphatic rings. The highest BCUT2D eigenvalue weighted by Crippen LogP contribution is 2.50. The van der Waals surface area contributed by atoms with Crippen molar-refractivity contribution in [2.75, 3.05) is 0 Å². The second-order valence-electron chi connectivity index (χ2n) is 3.15. The molecule has 0 aromatic rings. The molecule has 0 spiro atoms. The van der Waals surface area contributed by atoms with Crippen molar-refractivity contribution in [1.29, 1.82) is 0 Å². The van der Waals surface area contributed by atoms with E-state index >= 15 is 0 Å². The number of halogens is 7. The van der Waals surface area contributed by atoms with Crippen LogP contribution >= 0.6 is 7.57 Å². The topological polar surface area (TPSA) is 92.7 Å². The predicted octanol–water partition coefficient (Wildman–Crippen LogP) is 2.08. The van der Waals surface area contributed by atoms with E-state index in [0.717, 1.165) is 0 Å². The Balaban J connectivity index is 5.40. The SMILES string of the molecule is O=C=P(F)(NS(=O)(=O)O)OC(CC(F)(F)F)C(F)(F)F. The zero-order chi connectivity index (χ0) is 16.4. The molecule has 0 aliphatic heterocycles. The second kappa shape index (κ2) is 6.00. The number of rotatable bonds is 5. The van der Waals surface area contributed by atoms with Crippen molar-refractivity contribution >= 4 is 23.5 Å². The summed E-state index contributed by atoms with van der Waals surface area (Å²) < 4.78 is 118. The molecule has 15 heteroatoms. The first-order valence-electron chi connectivity index (χ1n) is 4.14. The van der Waals surface area contributed by atoms with E-state index in [1.807, 2.05) is 0 Å². The Hall–Kier alpha value is -0.650. The smallest absolute Gasteiger partial charge is 0.301 e. The van der Waals surface area contributed by atoms with Gasteiger partial charge < -0.3 is 4.52 Å². The third-order valence-corrected chi connectivity index (χ3v) is 4.05. The van der Waals surface area contributed by atoms with Gasteiger partial charge in [0.15, 0.2) is 11.8 Å². The van der Waals surface area contributed by atoms with E-state index in [9.17, 15) is 43.8 Å². The second-order valence-corrected chi connectivity index (χ2v) is 6.28. The highest BCUT2D eigenvalue weighted by atomic mass is 32.2. The van der Waals surface area contributed by atoms with Crippen molar-refractivity contribution in [2.24, 2.45) is 0 Å². The van der Waals surface area contributed by atoms with E-state index in [1.54, 1.807) is 0 Å². The zero-order valence-corrected chi connectivity index (χ0v) is 10.6. The molecule has 0 heterocycles. The first kappa shape index (κ1) is 19.4. The lowest BCUT2D eigenvalue weighted by molar-refractivity contribution is -0.234. The maximum absolute atomic E-state index is 13.3. The monoisotopic (exact) mass is 355 g/mol. The Labute approximate surface area is 107 Å². The van der Waals surface area contributed by atoms with Crippen LogP contribution in [0.25, 0.3) is 0 Å². The van der Waals surface area contributed by atoms with Crippen molar-refractivity contribution in [1.82, 2.24) is 4.49 Å². The van der Waals surface area contributed by atoms with Crippen molar-refractivity contribution in [3.8, 4) is 0 Å². The average Bonchev–Trinajstić information content (AvgIpc) is 2.10. The molecule has 2 atom stereocenters. The first-order valence-corrected chi connectivity index (χ1v) is 7.18. The van der Waals surface area contributed by atoms with Gasteiger partial charge in [0.1, 0.15) is 0 Å². The minimum Gasteiger partial charge on any atom is -0.301 e. The first-order chi connectivity index (χ1) is 8.58. The fraction of sp³-hybridized carbons (Fsp3) is 0.800. The number of carbonyl (C=O) groups excluding carboxylic acids is 1. The van der Waals surface area contributed by atoms with Crippen LogP contribution in [0.5, 0.6) is 0 Å². The molecular formula is C5H5F7NO5PS. The number of hydrogen-bond acceptors (Lipinski definition) is 4. The molecule has 0 aromatic heterocycles. The molecule has 120 valence electrons. The molecular weight excluding hydrogens is 350 g/mol. The molecule has 0 saturated carbocycles. The molecule has 6 nitrogen and oxygen atoms in total. The molecule has 0 amide bonds. The van der Waals surface area contributed by atoms with Crippen LogP contribution in [0.1, 0.15) is 6.42 Å². The van der Waals surface area contributed by atoms with Crippen LogP contribution in [0.3, 0.4) is 0 Å². The van der Waals surface area contributed by atoms with Crippen molar-refractivity contribution in [3.05, 3.63) is 0 Å². The van der Waals surface area contributed by atoms with E-state index in [0.29, 0.717) is 4.49 Å². The largest absolute Gasteiger partial charge is 0.415 e. The maximum atomic E-state index is 13.3. The van der Waals surface area contributed by atoms with E-state index < -0.39 is 42.8 Å². The van der Waals surface area contributed by atoms with Crippen molar-refractivity contribution in [2.45, 2.75) is 24.9 Å². The van der Waals surface area contributed by atoms with E-state index in [4.69, 9.17) is 4.55 Å². The van der Waals surface area contributed by atoms with Crippen LogP contribution in [-0.2, 0) is 19.6 Å². The van der Waals surface area contributed by atoms with Gasteiger partial charge in [-0.2, -0.15) is 39.0 Å². The lowest BCUT2D eigenvalue weighted by Crippen LogP contribution is -2.36. The molecule has 0 aromatic carbocycles. The summed E-state index contributed by atoms with van der Waals surface area (Å²) in [7, 11) is -11.5. The summed E-state index contributed by atoms with van der Waals surface area (Å²) in [6.45, 7) is 0. The highest BCUT2D eigenvalue weighted by Gasteiger charge is 2.50. The Morgan fingerprint density at radius 1 is 1.25 bits per heavy atom. The lowest BCUT2D eigenvalue weighted by atomic mass is 10.2. The van der Waals surface area contributed by atoms with Gasteiger partial charge in [-0.25, -0.2) is 4.79 Å². The molecule has 20 heavy (non-hydrogen) atoms. The third-order valence-electron chi connectivity index (χ3n) is 1.40. The normalized spacial score (nSPS) is 18.2. The summed E-state index contributed by atoms with van der Waals surface area (Å²) in [5, 5.41) is 0.